The molecule has 3 aliphatic heterocycles. The molecule has 0 bridgehead atoms. The Labute approximate surface area is 559 Å². The zero-order chi connectivity index (χ0) is 68.5. The van der Waals surface area contributed by atoms with Gasteiger partial charge in [-0.15, -0.1) is 0 Å². The number of rotatable bonds is 23. The molecule has 3 saturated heterocycles. The number of hydrogen-bond donors (Lipinski definition) is 3. The Balaban J connectivity index is 0.974. The standard InChI is InChI=1S/C74H64O24/c75-55-60(95-69(82)49-35-19-6-20-36-49)57(92-66(79)46-29-13-3-14-30-46)53(41-86-64(77)44-25-9-1-10-26-44)90-73(55)88-43-52-59(94-68(81)48-33-17-5-18-34-48)62(63(72(85)89-52)97-71(84)51-39-23-8-24-40-51)98-74-56(76)61(96-70(83)50-37-21-7-22-38-50)58(93-67(80)47-31-15-4-16-32-47)54(91-74)42-87-65(78)45-27-11-2-12-28-45/h1-40,52-63,72-76,85H,41-43H2/t52-,53-,54-,55+,56+,57-,58-,59-,60-,61-,62+,63+,72+,73+,74-/m1/s1. The number of hydrogen-bond acceptors (Lipinski definition) is 24. The molecule has 24 nitrogen and oxygen atoms in total. The van der Waals surface area contributed by atoms with Crippen molar-refractivity contribution < 1.29 is 115 Å². The molecule has 3 N–H and O–H groups in total. The molecule has 15 atom stereocenters. The summed E-state index contributed by atoms with van der Waals surface area (Å²) in [7, 11) is 0. The second-order valence-electron chi connectivity index (χ2n) is 22.4. The Hall–Kier alpha value is -10.8. The Bertz CT molecular complexity index is 3970. The molecule has 98 heavy (non-hydrogen) atoms. The van der Waals surface area contributed by atoms with Gasteiger partial charge in [-0.25, -0.2) is 38.4 Å². The molecule has 0 radical (unpaired) electrons. The van der Waals surface area contributed by atoms with Gasteiger partial charge in [0.1, 0.15) is 49.8 Å². The lowest BCUT2D eigenvalue weighted by Crippen LogP contribution is -2.67. The fraction of sp³-hybridized carbons (Fsp3) is 0.243. The molecule has 504 valence electrons. The molecule has 0 aliphatic carbocycles. The van der Waals surface area contributed by atoms with Crippen LogP contribution in [0.3, 0.4) is 0 Å². The van der Waals surface area contributed by atoms with E-state index >= 15 is 0 Å². The summed E-state index contributed by atoms with van der Waals surface area (Å²) >= 11 is 0. The summed E-state index contributed by atoms with van der Waals surface area (Å²) in [4.78, 5) is 113. The van der Waals surface area contributed by atoms with E-state index in [-0.39, 0.29) is 44.5 Å². The number of carbonyl (C=O) groups excluding carboxylic acids is 8. The molecule has 0 amide bonds. The average molecular weight is 1340 g/mol. The molecular weight excluding hydrogens is 1270 g/mol. The minimum atomic E-state index is -2.31. The number of benzene rings is 8. The van der Waals surface area contributed by atoms with Gasteiger partial charge in [-0.2, -0.15) is 0 Å². The first-order valence-electron chi connectivity index (χ1n) is 31.0. The van der Waals surface area contributed by atoms with E-state index in [4.69, 9.17) is 61.6 Å². The first-order chi connectivity index (χ1) is 47.7. The van der Waals surface area contributed by atoms with Crippen molar-refractivity contribution in [3.8, 4) is 0 Å². The lowest BCUT2D eigenvalue weighted by molar-refractivity contribution is -0.359. The molecule has 11 rings (SSSR count). The van der Waals surface area contributed by atoms with E-state index in [1.54, 1.807) is 109 Å². The summed E-state index contributed by atoms with van der Waals surface area (Å²) in [5, 5.41) is 37.6. The van der Waals surface area contributed by atoms with E-state index in [0.29, 0.717) is 0 Å². The Morgan fingerprint density at radius 3 is 0.806 bits per heavy atom. The second-order valence-corrected chi connectivity index (χ2v) is 22.4. The third-order valence-corrected chi connectivity index (χ3v) is 15.8. The monoisotopic (exact) mass is 1340 g/mol. The molecule has 8 aromatic carbocycles. The lowest BCUT2D eigenvalue weighted by atomic mass is 9.95. The summed E-state index contributed by atoms with van der Waals surface area (Å²) < 4.78 is 79.9. The molecule has 0 saturated carbocycles. The van der Waals surface area contributed by atoms with Gasteiger partial charge < -0.3 is 76.9 Å². The minimum absolute atomic E-state index is 0.000981. The van der Waals surface area contributed by atoms with E-state index in [2.05, 4.69) is 0 Å². The van der Waals surface area contributed by atoms with Crippen LogP contribution in [0.1, 0.15) is 82.9 Å². The highest BCUT2D eigenvalue weighted by molar-refractivity contribution is 5.93. The van der Waals surface area contributed by atoms with Gasteiger partial charge in [-0.3, -0.25) is 0 Å². The third kappa shape index (κ3) is 17.1. The van der Waals surface area contributed by atoms with Crippen LogP contribution in [0.25, 0.3) is 0 Å². The number of aliphatic hydroxyl groups is 3. The van der Waals surface area contributed by atoms with E-state index in [9.17, 15) is 53.7 Å². The van der Waals surface area contributed by atoms with Crippen LogP contribution in [0.4, 0.5) is 0 Å². The molecule has 3 fully saturated rings. The predicted molar refractivity (Wildman–Crippen MR) is 338 cm³/mol. The largest absolute Gasteiger partial charge is 0.459 e. The Morgan fingerprint density at radius 1 is 0.265 bits per heavy atom. The van der Waals surface area contributed by atoms with Crippen LogP contribution in [0.5, 0.6) is 0 Å². The zero-order valence-electron chi connectivity index (χ0n) is 51.8. The lowest BCUT2D eigenvalue weighted by Gasteiger charge is -2.48. The fourth-order valence-electron chi connectivity index (χ4n) is 10.9. The van der Waals surface area contributed by atoms with Crippen LogP contribution >= 0.6 is 0 Å². The Kier molecular flexibility index (Phi) is 22.9. The number of ether oxygens (including phenoxy) is 13. The fourth-order valence-corrected chi connectivity index (χ4v) is 10.9. The molecular formula is C74H64O24. The summed E-state index contributed by atoms with van der Waals surface area (Å²) in [6, 6.07) is 60.8. The first-order valence-corrected chi connectivity index (χ1v) is 31.0. The van der Waals surface area contributed by atoms with Gasteiger partial charge in [0.2, 0.25) is 0 Å². The van der Waals surface area contributed by atoms with Crippen LogP contribution < -0.4 is 0 Å². The third-order valence-electron chi connectivity index (χ3n) is 15.8. The van der Waals surface area contributed by atoms with Crippen LogP contribution in [-0.4, -0.2) is 175 Å². The van der Waals surface area contributed by atoms with E-state index in [1.807, 2.05) is 0 Å². The van der Waals surface area contributed by atoms with Gasteiger partial charge >= 0.3 is 47.8 Å². The Morgan fingerprint density at radius 2 is 0.500 bits per heavy atom. The maximum absolute atomic E-state index is 14.6. The van der Waals surface area contributed by atoms with Gasteiger partial charge in [-0.05, 0) is 97.1 Å². The van der Waals surface area contributed by atoms with E-state index in [0.717, 1.165) is 0 Å². The SMILES string of the molecule is O=C(OC[C@H]1O[C@H](OC[C@H]2O[C@H](O)[C@@H](OC(=O)c3ccccc3)[C@@H](O[C@H]3O[C@H](COC(=O)c4ccccc4)[C@@H](OC(=O)c4ccccc4)[C@H](OC(=O)c4ccccc4)[C@@H]3O)[C@@H]2OC(=O)c2ccccc2)[C@@H](O)[C@@H](OC(=O)c2ccccc2)[C@@H]1OC(=O)c1ccccc1)c1ccccc1. The van der Waals surface area contributed by atoms with Gasteiger partial charge in [-0.1, -0.05) is 146 Å². The van der Waals surface area contributed by atoms with Gasteiger partial charge in [0.05, 0.1) is 51.1 Å². The molecule has 0 aromatic heterocycles. The van der Waals surface area contributed by atoms with Crippen molar-refractivity contribution in [3.05, 3.63) is 287 Å². The highest BCUT2D eigenvalue weighted by Gasteiger charge is 2.58. The van der Waals surface area contributed by atoms with Crippen LogP contribution in [0.15, 0.2) is 243 Å². The van der Waals surface area contributed by atoms with E-state index < -0.39 is 160 Å². The quantitative estimate of drug-likeness (QED) is 0.0416. The van der Waals surface area contributed by atoms with Crippen LogP contribution in [0.2, 0.25) is 0 Å². The highest BCUT2D eigenvalue weighted by atomic mass is 16.8. The van der Waals surface area contributed by atoms with Crippen molar-refractivity contribution in [2.45, 2.75) is 92.1 Å². The van der Waals surface area contributed by atoms with Gasteiger partial charge in [0.25, 0.3) is 0 Å². The molecule has 0 unspecified atom stereocenters. The first kappa shape index (κ1) is 68.6. The molecule has 3 aliphatic rings. The number of aliphatic hydroxyl groups excluding tert-OH is 3. The predicted octanol–water partition coefficient (Wildman–Crippen LogP) is 7.34. The number of carbonyl (C=O) groups is 8. The van der Waals surface area contributed by atoms with Crippen LogP contribution in [0, 0.1) is 0 Å². The highest BCUT2D eigenvalue weighted by Crippen LogP contribution is 2.37. The van der Waals surface area contributed by atoms with Crippen molar-refractivity contribution >= 4 is 47.8 Å². The van der Waals surface area contributed by atoms with Gasteiger partial charge in [0, 0.05) is 0 Å². The summed E-state index contributed by atoms with van der Waals surface area (Å²) in [5.41, 5.74) is 0.0696. The number of esters is 8. The molecule has 8 aromatic rings. The van der Waals surface area contributed by atoms with Crippen molar-refractivity contribution in [1.82, 2.24) is 0 Å². The summed E-state index contributed by atoms with van der Waals surface area (Å²) in [6.07, 6.45) is -29.8. The maximum Gasteiger partial charge on any atom is 0.338 e. The van der Waals surface area contributed by atoms with Crippen molar-refractivity contribution in [2.75, 3.05) is 19.8 Å². The maximum atomic E-state index is 14.6. The summed E-state index contributed by atoms with van der Waals surface area (Å²) in [5.74, 6) is -7.98. The molecule has 24 heteroatoms. The van der Waals surface area contributed by atoms with Crippen molar-refractivity contribution in [2.24, 2.45) is 0 Å². The topological polar surface area (TPSA) is 317 Å². The van der Waals surface area contributed by atoms with Crippen LogP contribution in [-0.2, 0) is 61.6 Å². The molecule has 0 spiro atoms. The minimum Gasteiger partial charge on any atom is -0.459 e. The van der Waals surface area contributed by atoms with E-state index in [1.165, 1.54) is 133 Å². The average Bonchev–Trinajstić information content (AvgIpc) is 0.787. The zero-order valence-corrected chi connectivity index (χ0v) is 51.8. The summed E-state index contributed by atoms with van der Waals surface area (Å²) in [6.45, 7) is -2.48. The normalized spacial score (nSPS) is 25.0. The van der Waals surface area contributed by atoms with Gasteiger partial charge in [0.15, 0.2) is 55.5 Å². The van der Waals surface area contributed by atoms with Crippen molar-refractivity contribution in [1.29, 1.82) is 0 Å². The second kappa shape index (κ2) is 32.8. The van der Waals surface area contributed by atoms with Crippen molar-refractivity contribution in [3.63, 3.8) is 0 Å². The molecule has 3 heterocycles. The smallest absolute Gasteiger partial charge is 0.338 e.